The lowest BCUT2D eigenvalue weighted by molar-refractivity contribution is -0.702. The third-order valence-corrected chi connectivity index (χ3v) is 5.44. The first kappa shape index (κ1) is 17.5. The van der Waals surface area contributed by atoms with Crippen molar-refractivity contribution in [2.45, 2.75) is 45.3 Å². The van der Waals surface area contributed by atoms with Gasteiger partial charge in [0.15, 0.2) is 0 Å². The van der Waals surface area contributed by atoms with Crippen molar-refractivity contribution in [1.29, 1.82) is 0 Å². The highest BCUT2D eigenvalue weighted by atomic mass is 35.5. The van der Waals surface area contributed by atoms with Crippen molar-refractivity contribution < 1.29 is 17.7 Å². The molecule has 1 aromatic heterocycles. The quantitative estimate of drug-likeness (QED) is 0.592. The van der Waals surface area contributed by atoms with Gasteiger partial charge in [0.05, 0.1) is 12.0 Å². The molecule has 26 heavy (non-hydrogen) atoms. The van der Waals surface area contributed by atoms with Crippen molar-refractivity contribution in [2.75, 3.05) is 0 Å². The largest absolute Gasteiger partial charge is 0.419 e. The third kappa shape index (κ3) is 3.13. The first-order valence-corrected chi connectivity index (χ1v) is 9.08. The van der Waals surface area contributed by atoms with E-state index in [9.17, 15) is 13.2 Å². The summed E-state index contributed by atoms with van der Waals surface area (Å²) in [5, 5.41) is 0.0486. The van der Waals surface area contributed by atoms with Gasteiger partial charge in [-0.25, -0.2) is 4.57 Å². The minimum Gasteiger partial charge on any atom is -0.222 e. The standard InChI is InChI=1S/C20H19ClF3N2/c1-11-3-6-15(12(2)7-11)18-9-17(13-4-5-13)25-19-16(21)8-14(10-26(18)19)20(22,23)24/h3,6-8,10,13,18H,4-5,9H2,1-2H3/q+1. The van der Waals surface area contributed by atoms with Crippen molar-refractivity contribution in [3.63, 3.8) is 0 Å². The Morgan fingerprint density at radius 2 is 1.88 bits per heavy atom. The minimum absolute atomic E-state index is 0.0486. The molecule has 1 aliphatic carbocycles. The summed E-state index contributed by atoms with van der Waals surface area (Å²) in [7, 11) is 0. The molecule has 2 aromatic rings. The smallest absolute Gasteiger partial charge is 0.222 e. The number of hydrogen-bond acceptors (Lipinski definition) is 1. The zero-order chi connectivity index (χ0) is 18.6. The second kappa shape index (κ2) is 6.08. The maximum atomic E-state index is 13.3. The van der Waals surface area contributed by atoms with E-state index in [1.165, 1.54) is 0 Å². The highest BCUT2D eigenvalue weighted by Crippen LogP contribution is 2.41. The van der Waals surface area contributed by atoms with Crippen LogP contribution in [0.3, 0.4) is 0 Å². The molecule has 1 atom stereocenters. The van der Waals surface area contributed by atoms with Gasteiger partial charge >= 0.3 is 12.0 Å². The molecular weight excluding hydrogens is 361 g/mol. The van der Waals surface area contributed by atoms with E-state index in [0.717, 1.165) is 47.5 Å². The molecule has 0 spiro atoms. The number of aliphatic imine (C=N–C) groups is 1. The summed E-state index contributed by atoms with van der Waals surface area (Å²) >= 11 is 6.23. The zero-order valence-corrected chi connectivity index (χ0v) is 15.3. The van der Waals surface area contributed by atoms with Crippen molar-refractivity contribution in [3.05, 3.63) is 57.7 Å². The Morgan fingerprint density at radius 1 is 1.15 bits per heavy atom. The Hall–Kier alpha value is -1.88. The number of aromatic nitrogens is 1. The maximum absolute atomic E-state index is 13.3. The van der Waals surface area contributed by atoms with E-state index in [0.29, 0.717) is 18.2 Å². The average Bonchev–Trinajstić information content (AvgIpc) is 3.38. The second-order valence-electron chi connectivity index (χ2n) is 7.26. The van der Waals surface area contributed by atoms with Crippen LogP contribution < -0.4 is 4.57 Å². The number of rotatable bonds is 2. The predicted molar refractivity (Wildman–Crippen MR) is 95.1 cm³/mol. The number of hydrogen-bond donors (Lipinski definition) is 0. The van der Waals surface area contributed by atoms with Gasteiger partial charge in [0.2, 0.25) is 0 Å². The van der Waals surface area contributed by atoms with Crippen molar-refractivity contribution in [2.24, 2.45) is 10.9 Å². The number of aryl methyl sites for hydroxylation is 2. The molecule has 136 valence electrons. The van der Waals surface area contributed by atoms with E-state index in [-0.39, 0.29) is 11.1 Å². The Kier molecular flexibility index (Phi) is 4.10. The Labute approximate surface area is 155 Å². The van der Waals surface area contributed by atoms with Gasteiger partial charge in [-0.1, -0.05) is 35.4 Å². The summed E-state index contributed by atoms with van der Waals surface area (Å²) in [5.74, 6) is 0.869. The first-order chi connectivity index (χ1) is 12.2. The van der Waals surface area contributed by atoms with Crippen LogP contribution in [-0.4, -0.2) is 5.71 Å². The molecule has 0 N–H and O–H groups in total. The van der Waals surface area contributed by atoms with Gasteiger partial charge in [-0.3, -0.25) is 0 Å². The van der Waals surface area contributed by atoms with Crippen LogP contribution >= 0.6 is 11.6 Å². The molecule has 1 saturated carbocycles. The summed E-state index contributed by atoms with van der Waals surface area (Å²) in [6.07, 6.45) is -0.478. The molecule has 1 fully saturated rings. The molecule has 0 bridgehead atoms. The van der Waals surface area contributed by atoms with Crippen molar-refractivity contribution in [3.8, 4) is 0 Å². The number of pyridine rings is 1. The SMILES string of the molecule is Cc1ccc(C2CC(C3CC3)=Nc3c(Cl)cc(C(F)(F)F)c[n+]32)c(C)c1. The highest BCUT2D eigenvalue weighted by Gasteiger charge is 2.42. The number of alkyl halides is 3. The molecular formula is C20H19ClF3N2+. The van der Waals surface area contributed by atoms with Gasteiger partial charge in [-0.05, 0) is 43.3 Å². The fourth-order valence-electron chi connectivity index (χ4n) is 3.69. The molecule has 0 saturated heterocycles. The number of nitrogens with zero attached hydrogens (tertiary/aromatic N) is 2. The van der Waals surface area contributed by atoms with Gasteiger partial charge in [-0.15, -0.1) is 0 Å². The van der Waals surface area contributed by atoms with Crippen molar-refractivity contribution >= 4 is 23.1 Å². The Bertz CT molecular complexity index is 914. The Morgan fingerprint density at radius 3 is 2.50 bits per heavy atom. The van der Waals surface area contributed by atoms with Crippen LogP contribution in [0.4, 0.5) is 19.0 Å². The van der Waals surface area contributed by atoms with E-state index in [4.69, 9.17) is 11.6 Å². The third-order valence-electron chi connectivity index (χ3n) is 5.17. The summed E-state index contributed by atoms with van der Waals surface area (Å²) < 4.78 is 41.5. The van der Waals surface area contributed by atoms with Crippen LogP contribution in [0.25, 0.3) is 0 Å². The molecule has 2 heterocycles. The second-order valence-corrected chi connectivity index (χ2v) is 7.67. The average molecular weight is 380 g/mol. The normalized spacial score (nSPS) is 19.9. The van der Waals surface area contributed by atoms with Crippen molar-refractivity contribution in [1.82, 2.24) is 0 Å². The lowest BCUT2D eigenvalue weighted by Gasteiger charge is -2.23. The van der Waals surface area contributed by atoms with Crippen LogP contribution in [0.2, 0.25) is 5.02 Å². The van der Waals surface area contributed by atoms with E-state index < -0.39 is 11.7 Å². The molecule has 1 unspecified atom stereocenters. The lowest BCUT2D eigenvalue weighted by atomic mass is 9.92. The fourth-order valence-corrected chi connectivity index (χ4v) is 3.95. The molecule has 4 rings (SSSR count). The molecule has 2 nitrogen and oxygen atoms in total. The van der Waals surface area contributed by atoms with Gasteiger partial charge in [0.25, 0.3) is 0 Å². The summed E-state index contributed by atoms with van der Waals surface area (Å²) in [6.45, 7) is 4.01. The van der Waals surface area contributed by atoms with Crippen LogP contribution in [0.1, 0.15) is 47.6 Å². The minimum atomic E-state index is -4.45. The van der Waals surface area contributed by atoms with E-state index >= 15 is 0 Å². The lowest BCUT2D eigenvalue weighted by Crippen LogP contribution is -2.45. The van der Waals surface area contributed by atoms with Crippen LogP contribution in [0.5, 0.6) is 0 Å². The number of halogens is 4. The molecule has 1 aliphatic heterocycles. The number of fused-ring (bicyclic) bond motifs is 1. The van der Waals surface area contributed by atoms with E-state index in [1.807, 2.05) is 26.0 Å². The van der Waals surface area contributed by atoms with Crippen LogP contribution in [0, 0.1) is 19.8 Å². The van der Waals surface area contributed by atoms with Gasteiger partial charge in [0.1, 0.15) is 23.0 Å². The van der Waals surface area contributed by atoms with Gasteiger partial charge in [-0.2, -0.15) is 13.2 Å². The van der Waals surface area contributed by atoms with Gasteiger partial charge in [0, 0.05) is 11.5 Å². The molecule has 2 aliphatic rings. The van der Waals surface area contributed by atoms with Gasteiger partial charge < -0.3 is 0 Å². The zero-order valence-electron chi connectivity index (χ0n) is 14.6. The molecule has 6 heteroatoms. The first-order valence-electron chi connectivity index (χ1n) is 8.70. The van der Waals surface area contributed by atoms with Crippen LogP contribution in [0.15, 0.2) is 35.5 Å². The molecule has 1 aromatic carbocycles. The highest BCUT2D eigenvalue weighted by molar-refractivity contribution is 6.32. The fraction of sp³-hybridized carbons (Fsp3) is 0.400. The summed E-state index contributed by atoms with van der Waals surface area (Å²) in [5.41, 5.74) is 3.53. The monoisotopic (exact) mass is 379 g/mol. The topological polar surface area (TPSA) is 16.2 Å². The predicted octanol–water partition coefficient (Wildman–Crippen LogP) is 5.74. The van der Waals surface area contributed by atoms with Crippen LogP contribution in [-0.2, 0) is 6.18 Å². The van der Waals surface area contributed by atoms with E-state index in [2.05, 4.69) is 11.1 Å². The number of benzene rings is 1. The maximum Gasteiger partial charge on any atom is 0.419 e. The summed E-state index contributed by atoms with van der Waals surface area (Å²) in [6, 6.07) is 6.83. The molecule has 0 radical (unpaired) electrons. The van der Waals surface area contributed by atoms with E-state index in [1.54, 1.807) is 4.57 Å². The summed E-state index contributed by atoms with van der Waals surface area (Å²) in [4.78, 5) is 4.63. The molecule has 0 amide bonds. The Balaban J connectivity index is 1.91.